The van der Waals surface area contributed by atoms with E-state index < -0.39 is 0 Å². The molecule has 5 aromatic carbocycles. The molecular weight excluding hydrogens is 653 g/mol. The molecule has 3 aromatic heterocycles. The van der Waals surface area contributed by atoms with Gasteiger partial charge in [0.1, 0.15) is 5.65 Å². The van der Waals surface area contributed by atoms with Gasteiger partial charge in [0.2, 0.25) is 6.71 Å². The molecular formula is C50H42BN3. The molecule has 4 aliphatic rings. The lowest BCUT2D eigenvalue weighted by atomic mass is 9.28. The molecule has 5 heterocycles. The highest BCUT2D eigenvalue weighted by molar-refractivity contribution is 6.91. The molecule has 2 atom stereocenters. The van der Waals surface area contributed by atoms with Crippen LogP contribution in [-0.4, -0.2) is 20.7 Å². The fraction of sp³-hybridized carbons (Fsp3) is 0.220. The van der Waals surface area contributed by atoms with Gasteiger partial charge in [-0.3, -0.25) is 4.40 Å². The SMILES string of the molecule is Cc1cccc2c1c1nc3c4n1c1c5c(cc(-c6ccccc6)c21)-n1c2ccc(C(C)(C)C)cc2c2cc(C(C)(C)C)cc(c21)B5C4C1C=CC=CC1=C3. The van der Waals surface area contributed by atoms with Crippen molar-refractivity contribution in [3.8, 4) is 16.8 Å². The van der Waals surface area contributed by atoms with Crippen molar-refractivity contribution in [3.05, 3.63) is 143 Å². The standard InChI is InChI=1S/C50H42BN3/c1-27-14-13-19-33-41(27)48-52-38-22-29-17-11-12-18-32(29)43-46(38)54(48)47-42(33)34(28-15-9-8-10-16-28)26-40-44(47)51(43)37-25-31(50(5,6)7)24-36-35-23-30(49(2,3)4)20-21-39(35)53(40)45(36)37/h8-26,32,43H,1-7H3. The zero-order valence-corrected chi connectivity index (χ0v) is 32.0. The summed E-state index contributed by atoms with van der Waals surface area (Å²) < 4.78 is 5.28. The van der Waals surface area contributed by atoms with Gasteiger partial charge in [-0.25, -0.2) is 4.98 Å². The number of aromatic nitrogens is 3. The first-order chi connectivity index (χ1) is 26.0. The summed E-state index contributed by atoms with van der Waals surface area (Å²) in [6, 6.07) is 32.9. The lowest BCUT2D eigenvalue weighted by molar-refractivity contribution is 0.590. The van der Waals surface area contributed by atoms with E-state index in [1.807, 2.05) is 0 Å². The van der Waals surface area contributed by atoms with Crippen LogP contribution in [0.4, 0.5) is 0 Å². The second-order valence-electron chi connectivity index (χ2n) is 18.4. The Bertz CT molecular complexity index is 3130. The van der Waals surface area contributed by atoms with Crippen molar-refractivity contribution in [1.82, 2.24) is 14.0 Å². The van der Waals surface area contributed by atoms with Gasteiger partial charge in [-0.2, -0.15) is 0 Å². The molecule has 0 bridgehead atoms. The summed E-state index contributed by atoms with van der Waals surface area (Å²) in [7, 11) is 0. The third-order valence-corrected chi connectivity index (χ3v) is 13.3. The Morgan fingerprint density at radius 1 is 0.722 bits per heavy atom. The molecule has 54 heavy (non-hydrogen) atoms. The fourth-order valence-corrected chi connectivity index (χ4v) is 10.8. The van der Waals surface area contributed by atoms with Gasteiger partial charge in [-0.05, 0) is 97.8 Å². The summed E-state index contributed by atoms with van der Waals surface area (Å²) in [6.07, 6.45) is 11.7. The summed E-state index contributed by atoms with van der Waals surface area (Å²) in [5.41, 5.74) is 19.7. The highest BCUT2D eigenvalue weighted by atomic mass is 15.1. The van der Waals surface area contributed by atoms with Crippen LogP contribution in [0.25, 0.3) is 72.0 Å². The van der Waals surface area contributed by atoms with Gasteiger partial charge in [-0.1, -0.05) is 127 Å². The molecule has 0 N–H and O–H groups in total. The molecule has 260 valence electrons. The zero-order chi connectivity index (χ0) is 36.6. The first kappa shape index (κ1) is 30.8. The maximum atomic E-state index is 5.64. The number of hydrogen-bond donors (Lipinski definition) is 0. The summed E-state index contributed by atoms with van der Waals surface area (Å²) >= 11 is 0. The van der Waals surface area contributed by atoms with Crippen LogP contribution < -0.4 is 10.9 Å². The Morgan fingerprint density at radius 2 is 1.52 bits per heavy atom. The number of allylic oxidation sites excluding steroid dienone is 5. The van der Waals surface area contributed by atoms with Crippen molar-refractivity contribution in [2.45, 2.75) is 65.1 Å². The molecule has 0 saturated carbocycles. The Morgan fingerprint density at radius 3 is 2.31 bits per heavy atom. The summed E-state index contributed by atoms with van der Waals surface area (Å²) in [5.74, 6) is 0.451. The second kappa shape index (κ2) is 9.92. The van der Waals surface area contributed by atoms with Crippen LogP contribution in [0.15, 0.2) is 115 Å². The second-order valence-corrected chi connectivity index (χ2v) is 18.4. The quantitative estimate of drug-likeness (QED) is 0.124. The van der Waals surface area contributed by atoms with Gasteiger partial charge in [0.05, 0.1) is 16.7 Å². The van der Waals surface area contributed by atoms with E-state index in [0.717, 1.165) is 11.3 Å². The maximum Gasteiger partial charge on any atom is 0.227 e. The number of rotatable bonds is 1. The van der Waals surface area contributed by atoms with Gasteiger partial charge in [-0.15, -0.1) is 0 Å². The van der Waals surface area contributed by atoms with Crippen LogP contribution in [0.1, 0.15) is 75.4 Å². The molecule has 0 amide bonds. The minimum Gasteiger partial charge on any atom is -0.310 e. The lowest BCUT2D eigenvalue weighted by Gasteiger charge is -2.42. The number of pyridine rings is 1. The average molecular weight is 696 g/mol. The van der Waals surface area contributed by atoms with E-state index in [1.165, 1.54) is 99.2 Å². The van der Waals surface area contributed by atoms with Gasteiger partial charge in [0.25, 0.3) is 0 Å². The summed E-state index contributed by atoms with van der Waals surface area (Å²) in [6.45, 7) is 16.5. The molecule has 4 heteroatoms. The van der Waals surface area contributed by atoms with E-state index in [4.69, 9.17) is 4.98 Å². The molecule has 0 fully saturated rings. The average Bonchev–Trinajstić information content (AvgIpc) is 3.70. The highest BCUT2D eigenvalue weighted by Crippen LogP contribution is 2.51. The van der Waals surface area contributed by atoms with Crippen molar-refractivity contribution >= 4 is 72.8 Å². The predicted octanol–water partition coefficient (Wildman–Crippen LogP) is 11.0. The molecule has 0 saturated heterocycles. The molecule has 0 spiro atoms. The number of hydrogen-bond acceptors (Lipinski definition) is 1. The van der Waals surface area contributed by atoms with E-state index in [9.17, 15) is 0 Å². The highest BCUT2D eigenvalue weighted by Gasteiger charge is 2.50. The molecule has 8 aromatic rings. The molecule has 2 unspecified atom stereocenters. The van der Waals surface area contributed by atoms with Crippen molar-refractivity contribution < 1.29 is 0 Å². The largest absolute Gasteiger partial charge is 0.310 e. The van der Waals surface area contributed by atoms with E-state index in [0.29, 0.717) is 0 Å². The Kier molecular flexibility index (Phi) is 5.66. The number of imidazole rings is 1. The molecule has 12 rings (SSSR count). The first-order valence-electron chi connectivity index (χ1n) is 19.7. The predicted molar refractivity (Wildman–Crippen MR) is 230 cm³/mol. The van der Waals surface area contributed by atoms with Gasteiger partial charge in [0, 0.05) is 50.2 Å². The third kappa shape index (κ3) is 3.72. The normalized spacial score (nSPS) is 18.2. The molecule has 3 nitrogen and oxygen atoms in total. The minimum absolute atomic E-state index is 0.0199. The zero-order valence-electron chi connectivity index (χ0n) is 32.0. The van der Waals surface area contributed by atoms with E-state index in [1.54, 1.807) is 0 Å². The summed E-state index contributed by atoms with van der Waals surface area (Å²) in [5, 5.41) is 6.60. The van der Waals surface area contributed by atoms with Gasteiger partial charge < -0.3 is 4.57 Å². The molecule has 2 aliphatic heterocycles. The number of nitrogens with zero attached hydrogens (tertiary/aromatic N) is 3. The fourth-order valence-electron chi connectivity index (χ4n) is 10.8. The van der Waals surface area contributed by atoms with Crippen LogP contribution in [-0.2, 0) is 10.8 Å². The monoisotopic (exact) mass is 695 g/mol. The lowest BCUT2D eigenvalue weighted by Crippen LogP contribution is -2.57. The van der Waals surface area contributed by atoms with Crippen LogP contribution in [0.2, 0.25) is 0 Å². The number of fused-ring (bicyclic) bond motifs is 11. The van der Waals surface area contributed by atoms with Crippen LogP contribution >= 0.6 is 0 Å². The van der Waals surface area contributed by atoms with Crippen molar-refractivity contribution in [3.63, 3.8) is 0 Å². The van der Waals surface area contributed by atoms with Crippen LogP contribution in [0, 0.1) is 12.8 Å². The smallest absolute Gasteiger partial charge is 0.227 e. The van der Waals surface area contributed by atoms with Gasteiger partial charge >= 0.3 is 0 Å². The van der Waals surface area contributed by atoms with E-state index in [-0.39, 0.29) is 29.3 Å². The van der Waals surface area contributed by atoms with E-state index in [2.05, 4.69) is 173 Å². The topological polar surface area (TPSA) is 22.2 Å². The molecule has 0 radical (unpaired) electrons. The number of aryl methyl sites for hydroxylation is 1. The summed E-state index contributed by atoms with van der Waals surface area (Å²) in [4.78, 5) is 5.64. The first-order valence-corrected chi connectivity index (χ1v) is 19.7. The third-order valence-electron chi connectivity index (χ3n) is 13.3. The van der Waals surface area contributed by atoms with Crippen molar-refractivity contribution in [1.29, 1.82) is 0 Å². The van der Waals surface area contributed by atoms with Gasteiger partial charge in [0.15, 0.2) is 0 Å². The maximum absolute atomic E-state index is 5.64. The van der Waals surface area contributed by atoms with E-state index >= 15 is 0 Å². The van der Waals surface area contributed by atoms with Crippen LogP contribution in [0.5, 0.6) is 0 Å². The Labute approximate surface area is 316 Å². The minimum atomic E-state index is -0.0199. The Balaban J connectivity index is 1.38. The molecule has 2 aliphatic carbocycles. The van der Waals surface area contributed by atoms with Crippen LogP contribution in [0.3, 0.4) is 0 Å². The number of benzene rings is 5. The Hall–Kier alpha value is -5.61. The van der Waals surface area contributed by atoms with Crippen molar-refractivity contribution in [2.75, 3.05) is 0 Å². The van der Waals surface area contributed by atoms with Crippen molar-refractivity contribution in [2.24, 2.45) is 5.92 Å².